The Morgan fingerprint density at radius 3 is 2.96 bits per heavy atom. The van der Waals surface area contributed by atoms with Crippen LogP contribution in [0.3, 0.4) is 0 Å². The molecule has 126 valence electrons. The molecule has 3 rings (SSSR count). The van der Waals surface area contributed by atoms with E-state index in [4.69, 9.17) is 14.2 Å². The van der Waals surface area contributed by atoms with E-state index >= 15 is 0 Å². The van der Waals surface area contributed by atoms with Gasteiger partial charge in [-0.3, -0.25) is 9.78 Å². The van der Waals surface area contributed by atoms with E-state index in [0.29, 0.717) is 32.9 Å². The number of rotatable bonds is 6. The Hall–Kier alpha value is -1.50. The van der Waals surface area contributed by atoms with Crippen LogP contribution >= 0.6 is 0 Å². The minimum Gasteiger partial charge on any atom is -0.373 e. The largest absolute Gasteiger partial charge is 0.373 e. The maximum atomic E-state index is 11.9. The van der Waals surface area contributed by atoms with Crippen molar-refractivity contribution in [2.75, 3.05) is 32.9 Å². The predicted octanol–water partition coefficient (Wildman–Crippen LogP) is 1.39. The molecule has 0 saturated carbocycles. The molecule has 1 aromatic heterocycles. The molecule has 0 aliphatic carbocycles. The SMILES string of the molecule is CCOCC(=O)N1CC2(C[C@@H](OCc3ccncc3)CCO2)C1. The number of hydrogen-bond acceptors (Lipinski definition) is 5. The second-order valence-electron chi connectivity index (χ2n) is 6.20. The molecule has 2 aliphatic heterocycles. The maximum absolute atomic E-state index is 11.9. The molecule has 23 heavy (non-hydrogen) atoms. The Balaban J connectivity index is 1.45. The predicted molar refractivity (Wildman–Crippen MR) is 83.8 cm³/mol. The summed E-state index contributed by atoms with van der Waals surface area (Å²) in [7, 11) is 0. The molecule has 0 radical (unpaired) electrons. The summed E-state index contributed by atoms with van der Waals surface area (Å²) in [6.07, 6.45) is 5.48. The first-order valence-electron chi connectivity index (χ1n) is 8.21. The second kappa shape index (κ2) is 7.38. The van der Waals surface area contributed by atoms with Crippen LogP contribution < -0.4 is 0 Å². The Morgan fingerprint density at radius 2 is 2.22 bits per heavy atom. The molecule has 1 spiro atoms. The normalized spacial score (nSPS) is 22.8. The van der Waals surface area contributed by atoms with E-state index in [0.717, 1.165) is 18.4 Å². The molecule has 1 atom stereocenters. The molecular formula is C17H24N2O4. The van der Waals surface area contributed by atoms with Crippen LogP contribution in [-0.2, 0) is 25.6 Å². The van der Waals surface area contributed by atoms with Crippen LogP contribution in [-0.4, -0.2) is 60.4 Å². The highest BCUT2D eigenvalue weighted by atomic mass is 16.5. The summed E-state index contributed by atoms with van der Waals surface area (Å²) in [5.74, 6) is 0.0425. The minimum atomic E-state index is -0.219. The lowest BCUT2D eigenvalue weighted by molar-refractivity contribution is -0.204. The zero-order valence-corrected chi connectivity index (χ0v) is 13.6. The standard InChI is InChI=1S/C17H24N2O4/c1-2-21-11-16(20)19-12-17(13-19)9-15(5-8-23-17)22-10-14-3-6-18-7-4-14/h3-4,6-7,15H,2,5,8-13H2,1H3/t15-/m0/s1. The fourth-order valence-electron chi connectivity index (χ4n) is 3.14. The van der Waals surface area contributed by atoms with Gasteiger partial charge in [0.2, 0.25) is 5.91 Å². The van der Waals surface area contributed by atoms with Gasteiger partial charge in [0.25, 0.3) is 0 Å². The lowest BCUT2D eigenvalue weighted by Gasteiger charge is -2.53. The van der Waals surface area contributed by atoms with Crippen molar-refractivity contribution in [2.45, 2.75) is 38.1 Å². The second-order valence-corrected chi connectivity index (χ2v) is 6.20. The average molecular weight is 320 g/mol. The molecule has 6 heteroatoms. The zero-order chi connectivity index (χ0) is 16.1. The summed E-state index contributed by atoms with van der Waals surface area (Å²) in [6, 6.07) is 3.93. The van der Waals surface area contributed by atoms with Gasteiger partial charge in [-0.1, -0.05) is 0 Å². The van der Waals surface area contributed by atoms with Gasteiger partial charge in [0.15, 0.2) is 0 Å². The van der Waals surface area contributed by atoms with Gasteiger partial charge in [-0.25, -0.2) is 0 Å². The van der Waals surface area contributed by atoms with Crippen molar-refractivity contribution in [3.05, 3.63) is 30.1 Å². The first-order chi connectivity index (χ1) is 11.2. The van der Waals surface area contributed by atoms with E-state index in [1.54, 1.807) is 17.3 Å². The number of pyridine rings is 1. The fourth-order valence-corrected chi connectivity index (χ4v) is 3.14. The van der Waals surface area contributed by atoms with Gasteiger partial charge in [0.1, 0.15) is 12.2 Å². The van der Waals surface area contributed by atoms with Crippen molar-refractivity contribution in [1.29, 1.82) is 0 Å². The number of carbonyl (C=O) groups is 1. The van der Waals surface area contributed by atoms with E-state index in [-0.39, 0.29) is 24.2 Å². The van der Waals surface area contributed by atoms with Crippen molar-refractivity contribution in [2.24, 2.45) is 0 Å². The summed E-state index contributed by atoms with van der Waals surface area (Å²) < 4.78 is 17.1. The van der Waals surface area contributed by atoms with Gasteiger partial charge in [-0.2, -0.15) is 0 Å². The van der Waals surface area contributed by atoms with Crippen molar-refractivity contribution in [3.63, 3.8) is 0 Å². The van der Waals surface area contributed by atoms with Gasteiger partial charge in [-0.05, 0) is 31.0 Å². The third-order valence-corrected chi connectivity index (χ3v) is 4.42. The van der Waals surface area contributed by atoms with Gasteiger partial charge < -0.3 is 19.1 Å². The van der Waals surface area contributed by atoms with Crippen LogP contribution in [0.25, 0.3) is 0 Å². The number of carbonyl (C=O) groups excluding carboxylic acids is 1. The highest BCUT2D eigenvalue weighted by Crippen LogP contribution is 2.35. The molecule has 2 aliphatic rings. The Kier molecular flexibility index (Phi) is 5.25. The number of amides is 1. The molecule has 0 unspecified atom stereocenters. The number of nitrogens with zero attached hydrogens (tertiary/aromatic N) is 2. The summed E-state index contributed by atoms with van der Waals surface area (Å²) in [6.45, 7) is 5.19. The van der Waals surface area contributed by atoms with E-state index in [1.165, 1.54) is 0 Å². The fraction of sp³-hybridized carbons (Fsp3) is 0.647. The third kappa shape index (κ3) is 4.07. The van der Waals surface area contributed by atoms with Gasteiger partial charge >= 0.3 is 0 Å². The van der Waals surface area contributed by atoms with Crippen molar-refractivity contribution >= 4 is 5.91 Å². The van der Waals surface area contributed by atoms with Crippen LogP contribution in [0.1, 0.15) is 25.3 Å². The molecular weight excluding hydrogens is 296 g/mol. The Morgan fingerprint density at radius 1 is 1.43 bits per heavy atom. The van der Waals surface area contributed by atoms with E-state index in [9.17, 15) is 4.79 Å². The highest BCUT2D eigenvalue weighted by Gasteiger charge is 2.49. The van der Waals surface area contributed by atoms with E-state index < -0.39 is 0 Å². The number of likely N-dealkylation sites (tertiary alicyclic amines) is 1. The number of ether oxygens (including phenoxy) is 3. The summed E-state index contributed by atoms with van der Waals surface area (Å²) in [5.41, 5.74) is 0.908. The molecule has 6 nitrogen and oxygen atoms in total. The number of aromatic nitrogens is 1. The average Bonchev–Trinajstić information content (AvgIpc) is 2.57. The lowest BCUT2D eigenvalue weighted by Crippen LogP contribution is -2.67. The first kappa shape index (κ1) is 16.4. The topological polar surface area (TPSA) is 60.9 Å². The molecule has 2 fully saturated rings. The smallest absolute Gasteiger partial charge is 0.248 e. The van der Waals surface area contributed by atoms with E-state index in [1.807, 2.05) is 19.1 Å². The van der Waals surface area contributed by atoms with Crippen molar-refractivity contribution in [1.82, 2.24) is 9.88 Å². The van der Waals surface area contributed by atoms with Crippen LogP contribution in [0.2, 0.25) is 0 Å². The van der Waals surface area contributed by atoms with Crippen LogP contribution in [0.5, 0.6) is 0 Å². The molecule has 0 aromatic carbocycles. The maximum Gasteiger partial charge on any atom is 0.248 e. The third-order valence-electron chi connectivity index (χ3n) is 4.42. The molecule has 0 bridgehead atoms. The monoisotopic (exact) mass is 320 g/mol. The molecule has 1 aromatic rings. The molecule has 3 heterocycles. The van der Waals surface area contributed by atoms with Gasteiger partial charge in [-0.15, -0.1) is 0 Å². The minimum absolute atomic E-state index is 0.0425. The number of hydrogen-bond donors (Lipinski definition) is 0. The van der Waals surface area contributed by atoms with E-state index in [2.05, 4.69) is 4.98 Å². The van der Waals surface area contributed by atoms with Crippen molar-refractivity contribution < 1.29 is 19.0 Å². The Bertz CT molecular complexity index is 517. The highest BCUT2D eigenvalue weighted by molar-refractivity contribution is 5.78. The lowest BCUT2D eigenvalue weighted by atomic mass is 9.84. The molecule has 2 saturated heterocycles. The summed E-state index contributed by atoms with van der Waals surface area (Å²) >= 11 is 0. The van der Waals surface area contributed by atoms with Crippen LogP contribution in [0.15, 0.2) is 24.5 Å². The van der Waals surface area contributed by atoms with Crippen LogP contribution in [0, 0.1) is 0 Å². The van der Waals surface area contributed by atoms with Gasteiger partial charge in [0.05, 0.1) is 25.8 Å². The first-order valence-corrected chi connectivity index (χ1v) is 8.21. The van der Waals surface area contributed by atoms with Gasteiger partial charge in [0, 0.05) is 32.0 Å². The van der Waals surface area contributed by atoms with Crippen LogP contribution in [0.4, 0.5) is 0 Å². The molecule has 1 amide bonds. The Labute approximate surface area is 136 Å². The molecule has 0 N–H and O–H groups in total. The quantitative estimate of drug-likeness (QED) is 0.793. The summed E-state index contributed by atoms with van der Waals surface area (Å²) in [5, 5.41) is 0. The zero-order valence-electron chi connectivity index (χ0n) is 13.6. The summed E-state index contributed by atoms with van der Waals surface area (Å²) in [4.78, 5) is 17.7. The van der Waals surface area contributed by atoms with Crippen molar-refractivity contribution in [3.8, 4) is 0 Å².